The van der Waals surface area contributed by atoms with Crippen molar-refractivity contribution in [2.24, 2.45) is 0 Å². The Kier molecular flexibility index (Phi) is 5.68. The molecule has 4 nitrogen and oxygen atoms in total. The summed E-state index contributed by atoms with van der Waals surface area (Å²) in [5, 5.41) is 8.34. The van der Waals surface area contributed by atoms with Crippen LogP contribution in [0.5, 0.6) is 0 Å². The molecule has 0 heterocycles. The van der Waals surface area contributed by atoms with E-state index in [9.17, 15) is 8.53 Å². The number of carboxylic acid groups (broad SMARTS) is 1. The zero-order valence-electron chi connectivity index (χ0n) is 7.18. The summed E-state index contributed by atoms with van der Waals surface area (Å²) in [6.07, 6.45) is 2.56. The molecule has 0 unspecified atom stereocenters. The summed E-state index contributed by atoms with van der Waals surface area (Å²) >= 11 is -0.988. The minimum atomic E-state index is -0.988. The Labute approximate surface area is 87.5 Å². The van der Waals surface area contributed by atoms with Gasteiger partial charge in [-0.1, -0.05) is 0 Å². The van der Waals surface area contributed by atoms with Gasteiger partial charge in [0.15, 0.2) is 0 Å². The predicted octanol–water partition coefficient (Wildman–Crippen LogP) is -0.365. The Hall–Kier alpha value is -1.25. The van der Waals surface area contributed by atoms with Crippen LogP contribution in [0, 0.1) is 0 Å². The van der Waals surface area contributed by atoms with Gasteiger partial charge in [0.1, 0.15) is 0 Å². The average Bonchev–Trinajstić information content (AvgIpc) is 2.15. The van der Waals surface area contributed by atoms with E-state index in [0.717, 1.165) is 16.0 Å². The van der Waals surface area contributed by atoms with Gasteiger partial charge in [0.05, 0.1) is 0 Å². The topological polar surface area (TPSA) is 85.9 Å². The molecule has 14 heavy (non-hydrogen) atoms. The third-order valence-electron chi connectivity index (χ3n) is 1.42. The van der Waals surface area contributed by atoms with Crippen molar-refractivity contribution in [1.29, 1.82) is 0 Å². The van der Waals surface area contributed by atoms with Crippen molar-refractivity contribution in [2.45, 2.75) is 0 Å². The second-order valence-electron chi connectivity index (χ2n) is 2.35. The molecular weight excluding hydrogens is 247 g/mol. The molecule has 0 radical (unpaired) electrons. The van der Waals surface area contributed by atoms with Gasteiger partial charge in [-0.2, -0.15) is 0 Å². The molecule has 74 valence electrons. The fourth-order valence-corrected chi connectivity index (χ4v) is 1.38. The standard InChI is InChI=1S/C9H7AsO3.H2O/c11-9(12)6-3-7-1-4-8(10-13)5-2-7;/h1-6H,(H,11,12);1H2. The molecule has 5 heteroatoms. The molecule has 0 aliphatic rings. The van der Waals surface area contributed by atoms with E-state index in [2.05, 4.69) is 0 Å². The van der Waals surface area contributed by atoms with Crippen LogP contribution >= 0.6 is 0 Å². The maximum absolute atomic E-state index is 10.5. The zero-order chi connectivity index (χ0) is 9.68. The van der Waals surface area contributed by atoms with E-state index in [4.69, 9.17) is 5.11 Å². The zero-order valence-corrected chi connectivity index (χ0v) is 9.05. The monoisotopic (exact) mass is 256 g/mol. The van der Waals surface area contributed by atoms with Crippen LogP contribution in [0.15, 0.2) is 30.3 Å². The van der Waals surface area contributed by atoms with Crippen LogP contribution in [-0.2, 0) is 8.53 Å². The first-order chi connectivity index (χ1) is 6.22. The van der Waals surface area contributed by atoms with Crippen LogP contribution in [0.3, 0.4) is 0 Å². The molecule has 0 atom stereocenters. The number of aliphatic carboxylic acids is 1. The van der Waals surface area contributed by atoms with Crippen molar-refractivity contribution in [3.05, 3.63) is 35.9 Å². The van der Waals surface area contributed by atoms with E-state index >= 15 is 0 Å². The van der Waals surface area contributed by atoms with E-state index in [1.165, 1.54) is 6.08 Å². The molecule has 0 aromatic heterocycles. The summed E-state index contributed by atoms with van der Waals surface area (Å²) in [4.78, 5) is 10.2. The molecular formula is C9H9AsO4. The Morgan fingerprint density at radius 2 is 1.86 bits per heavy atom. The van der Waals surface area contributed by atoms with Crippen molar-refractivity contribution in [3.63, 3.8) is 0 Å². The number of hydrogen-bond donors (Lipinski definition) is 1. The van der Waals surface area contributed by atoms with E-state index in [1.807, 2.05) is 0 Å². The minimum absolute atomic E-state index is 0. The van der Waals surface area contributed by atoms with Crippen molar-refractivity contribution in [2.75, 3.05) is 0 Å². The second kappa shape index (κ2) is 6.24. The molecule has 0 spiro atoms. The van der Waals surface area contributed by atoms with Gasteiger partial charge in [0.25, 0.3) is 0 Å². The summed E-state index contributed by atoms with van der Waals surface area (Å²) in [7, 11) is 0. The van der Waals surface area contributed by atoms with Crippen LogP contribution in [-0.4, -0.2) is 32.2 Å². The molecule has 1 aromatic carbocycles. The fraction of sp³-hybridized carbons (Fsp3) is 0. The summed E-state index contributed by atoms with van der Waals surface area (Å²) in [5.74, 6) is -0.973. The summed E-state index contributed by atoms with van der Waals surface area (Å²) in [6, 6.07) is 6.94. The van der Waals surface area contributed by atoms with Gasteiger partial charge < -0.3 is 5.48 Å². The molecule has 1 rings (SSSR count). The Morgan fingerprint density at radius 3 is 2.29 bits per heavy atom. The van der Waals surface area contributed by atoms with Gasteiger partial charge in [-0.25, -0.2) is 0 Å². The molecule has 0 fully saturated rings. The van der Waals surface area contributed by atoms with Crippen LogP contribution in [0.2, 0.25) is 0 Å². The van der Waals surface area contributed by atoms with Gasteiger partial charge >= 0.3 is 81.6 Å². The van der Waals surface area contributed by atoms with Crippen molar-refractivity contribution in [3.8, 4) is 0 Å². The number of hydrogen-bond acceptors (Lipinski definition) is 2. The number of carboxylic acids is 1. The number of carbonyl (C=O) groups is 1. The summed E-state index contributed by atoms with van der Waals surface area (Å²) < 4.78 is 11.3. The van der Waals surface area contributed by atoms with Gasteiger partial charge in [-0.05, 0) is 0 Å². The molecule has 0 aliphatic carbocycles. The van der Waals surface area contributed by atoms with Crippen LogP contribution in [0.4, 0.5) is 0 Å². The Morgan fingerprint density at radius 1 is 1.29 bits per heavy atom. The molecule has 0 amide bonds. The Bertz CT molecular complexity index is 342. The van der Waals surface area contributed by atoms with Gasteiger partial charge in [-0.3, -0.25) is 0 Å². The van der Waals surface area contributed by atoms with E-state index in [-0.39, 0.29) is 5.48 Å². The fourth-order valence-electron chi connectivity index (χ4n) is 0.814. The molecule has 0 aliphatic heterocycles. The van der Waals surface area contributed by atoms with Crippen molar-refractivity contribution >= 4 is 32.1 Å². The molecule has 0 saturated heterocycles. The molecule has 0 bridgehead atoms. The first kappa shape index (κ1) is 12.7. The third-order valence-corrected chi connectivity index (χ3v) is 2.48. The molecule has 3 N–H and O–H groups in total. The van der Waals surface area contributed by atoms with Crippen molar-refractivity contribution in [1.82, 2.24) is 0 Å². The Balaban J connectivity index is 0.00000169. The summed E-state index contributed by atoms with van der Waals surface area (Å²) in [5.41, 5.74) is 0.792. The SMILES string of the molecule is O.O=[As]c1ccc(C=CC(=O)O)cc1. The number of rotatable bonds is 3. The summed E-state index contributed by atoms with van der Waals surface area (Å²) in [6.45, 7) is 0. The van der Waals surface area contributed by atoms with Gasteiger partial charge in [-0.15, -0.1) is 0 Å². The number of benzene rings is 1. The second-order valence-corrected chi connectivity index (χ2v) is 3.82. The van der Waals surface area contributed by atoms with Crippen LogP contribution < -0.4 is 4.35 Å². The van der Waals surface area contributed by atoms with Crippen molar-refractivity contribution < 1.29 is 19.1 Å². The van der Waals surface area contributed by atoms with Gasteiger partial charge in [0.2, 0.25) is 0 Å². The quantitative estimate of drug-likeness (QED) is 0.591. The van der Waals surface area contributed by atoms with Crippen LogP contribution in [0.25, 0.3) is 6.08 Å². The first-order valence-electron chi connectivity index (χ1n) is 3.57. The van der Waals surface area contributed by atoms with Gasteiger partial charge in [0, 0.05) is 0 Å². The molecule has 0 saturated carbocycles. The average molecular weight is 256 g/mol. The van der Waals surface area contributed by atoms with Crippen LogP contribution in [0.1, 0.15) is 5.56 Å². The van der Waals surface area contributed by atoms with E-state index in [1.54, 1.807) is 24.3 Å². The van der Waals surface area contributed by atoms with E-state index in [0.29, 0.717) is 0 Å². The maximum atomic E-state index is 10.5. The molecule has 1 aromatic rings. The normalized spacial score (nSPS) is 10.0. The predicted molar refractivity (Wildman–Crippen MR) is 52.8 cm³/mol. The first-order valence-corrected chi connectivity index (χ1v) is 5.27. The third kappa shape index (κ3) is 4.12. The van der Waals surface area contributed by atoms with E-state index < -0.39 is 21.7 Å².